The van der Waals surface area contributed by atoms with E-state index in [1.165, 1.54) is 5.69 Å². The molecule has 2 heterocycles. The average molecular weight is 384 g/mol. The summed E-state index contributed by atoms with van der Waals surface area (Å²) in [6.45, 7) is 6.02. The SMILES string of the molecule is Cc1c(C(=O)Nc2ccc(N3CCN(C)CC3)cc2)oc2c(Cl)cccc12. The Bertz CT molecular complexity index is 973. The Balaban J connectivity index is 1.50. The minimum Gasteiger partial charge on any atom is -0.449 e. The van der Waals surface area contributed by atoms with Crippen LogP contribution in [0.25, 0.3) is 11.0 Å². The van der Waals surface area contributed by atoms with Gasteiger partial charge in [-0.25, -0.2) is 0 Å². The number of furan rings is 1. The summed E-state index contributed by atoms with van der Waals surface area (Å²) in [6.07, 6.45) is 0. The molecule has 0 bridgehead atoms. The Hall–Kier alpha value is -2.50. The van der Waals surface area contributed by atoms with Crippen LogP contribution in [-0.2, 0) is 0 Å². The second kappa shape index (κ2) is 7.25. The van der Waals surface area contributed by atoms with Crippen LogP contribution in [0.3, 0.4) is 0 Å². The number of halogens is 1. The molecular formula is C21H22ClN3O2. The van der Waals surface area contributed by atoms with E-state index in [0.717, 1.165) is 42.8 Å². The van der Waals surface area contributed by atoms with Gasteiger partial charge < -0.3 is 19.5 Å². The van der Waals surface area contributed by atoms with Gasteiger partial charge in [0.05, 0.1) is 5.02 Å². The Morgan fingerprint density at radius 2 is 1.78 bits per heavy atom. The maximum atomic E-state index is 12.7. The molecular weight excluding hydrogens is 362 g/mol. The van der Waals surface area contributed by atoms with Crippen molar-refractivity contribution in [3.63, 3.8) is 0 Å². The van der Waals surface area contributed by atoms with Crippen molar-refractivity contribution in [2.75, 3.05) is 43.4 Å². The molecule has 5 nitrogen and oxygen atoms in total. The lowest BCUT2D eigenvalue weighted by Gasteiger charge is -2.34. The summed E-state index contributed by atoms with van der Waals surface area (Å²) in [4.78, 5) is 17.4. The van der Waals surface area contributed by atoms with Crippen molar-refractivity contribution in [3.8, 4) is 0 Å². The van der Waals surface area contributed by atoms with E-state index in [-0.39, 0.29) is 5.91 Å². The van der Waals surface area contributed by atoms with Gasteiger partial charge in [0, 0.05) is 48.5 Å². The van der Waals surface area contributed by atoms with Crippen molar-refractivity contribution in [2.45, 2.75) is 6.92 Å². The topological polar surface area (TPSA) is 48.7 Å². The third kappa shape index (κ3) is 3.53. The fraction of sp³-hybridized carbons (Fsp3) is 0.286. The summed E-state index contributed by atoms with van der Waals surface area (Å²) in [6, 6.07) is 13.5. The van der Waals surface area contributed by atoms with Crippen molar-refractivity contribution in [2.24, 2.45) is 0 Å². The molecule has 1 aliphatic heterocycles. The van der Waals surface area contributed by atoms with Gasteiger partial charge in [-0.15, -0.1) is 0 Å². The summed E-state index contributed by atoms with van der Waals surface area (Å²) in [5.41, 5.74) is 3.25. The molecule has 3 aromatic rings. The molecule has 1 N–H and O–H groups in total. The largest absolute Gasteiger partial charge is 0.449 e. The molecule has 1 aliphatic rings. The molecule has 0 spiro atoms. The summed E-state index contributed by atoms with van der Waals surface area (Å²) in [5.74, 6) is 0.0216. The van der Waals surface area contributed by atoms with E-state index < -0.39 is 0 Å². The van der Waals surface area contributed by atoms with Gasteiger partial charge in [0.2, 0.25) is 0 Å². The molecule has 140 valence electrons. The minimum atomic E-state index is -0.271. The highest BCUT2D eigenvalue weighted by Gasteiger charge is 2.19. The van der Waals surface area contributed by atoms with Crippen LogP contribution in [0.15, 0.2) is 46.9 Å². The number of nitrogens with zero attached hydrogens (tertiary/aromatic N) is 2. The van der Waals surface area contributed by atoms with Gasteiger partial charge in [0.1, 0.15) is 0 Å². The Kier molecular flexibility index (Phi) is 4.81. The molecule has 0 unspecified atom stereocenters. The zero-order chi connectivity index (χ0) is 19.0. The number of hydrogen-bond acceptors (Lipinski definition) is 4. The number of carbonyl (C=O) groups is 1. The molecule has 27 heavy (non-hydrogen) atoms. The van der Waals surface area contributed by atoms with E-state index in [0.29, 0.717) is 16.4 Å². The normalized spacial score (nSPS) is 15.3. The van der Waals surface area contributed by atoms with E-state index in [4.69, 9.17) is 16.0 Å². The number of nitrogens with one attached hydrogen (secondary N) is 1. The number of carbonyl (C=O) groups excluding carboxylic acids is 1. The predicted molar refractivity (Wildman–Crippen MR) is 110 cm³/mol. The average Bonchev–Trinajstić information content (AvgIpc) is 3.02. The van der Waals surface area contributed by atoms with Crippen LogP contribution < -0.4 is 10.2 Å². The third-order valence-electron chi connectivity index (χ3n) is 5.12. The van der Waals surface area contributed by atoms with Crippen molar-refractivity contribution < 1.29 is 9.21 Å². The molecule has 4 rings (SSSR count). The fourth-order valence-corrected chi connectivity index (χ4v) is 3.65. The maximum Gasteiger partial charge on any atom is 0.291 e. The van der Waals surface area contributed by atoms with Crippen LogP contribution in [0.1, 0.15) is 16.1 Å². The molecule has 1 saturated heterocycles. The number of likely N-dealkylation sites (N-methyl/N-ethyl adjacent to an activating group) is 1. The van der Waals surface area contributed by atoms with Crippen LogP contribution in [0.2, 0.25) is 5.02 Å². The Labute approximate surface area is 163 Å². The smallest absolute Gasteiger partial charge is 0.291 e. The second-order valence-electron chi connectivity index (χ2n) is 6.96. The van der Waals surface area contributed by atoms with Gasteiger partial charge in [0.15, 0.2) is 11.3 Å². The van der Waals surface area contributed by atoms with Crippen LogP contribution >= 0.6 is 11.6 Å². The van der Waals surface area contributed by atoms with Crippen LogP contribution in [0, 0.1) is 6.92 Å². The van der Waals surface area contributed by atoms with Gasteiger partial charge in [0.25, 0.3) is 5.91 Å². The third-order valence-corrected chi connectivity index (χ3v) is 5.41. The predicted octanol–water partition coefficient (Wildman–Crippen LogP) is 4.40. The molecule has 2 aromatic carbocycles. The number of benzene rings is 2. The highest BCUT2D eigenvalue weighted by molar-refractivity contribution is 6.35. The summed E-state index contributed by atoms with van der Waals surface area (Å²) < 4.78 is 5.74. The molecule has 6 heteroatoms. The first kappa shape index (κ1) is 17.9. The fourth-order valence-electron chi connectivity index (χ4n) is 3.43. The number of aryl methyl sites for hydroxylation is 1. The molecule has 0 aliphatic carbocycles. The number of rotatable bonds is 3. The zero-order valence-electron chi connectivity index (χ0n) is 15.5. The molecule has 0 saturated carbocycles. The van der Waals surface area contributed by atoms with Crippen molar-refractivity contribution in [1.29, 1.82) is 0 Å². The summed E-state index contributed by atoms with van der Waals surface area (Å²) in [7, 11) is 2.14. The van der Waals surface area contributed by atoms with Crippen LogP contribution in [0.4, 0.5) is 11.4 Å². The van der Waals surface area contributed by atoms with Gasteiger partial charge in [-0.3, -0.25) is 4.79 Å². The van der Waals surface area contributed by atoms with Crippen LogP contribution in [0.5, 0.6) is 0 Å². The van der Waals surface area contributed by atoms with Crippen LogP contribution in [-0.4, -0.2) is 44.0 Å². The molecule has 1 aromatic heterocycles. The van der Waals surface area contributed by atoms with Gasteiger partial charge >= 0.3 is 0 Å². The van der Waals surface area contributed by atoms with Gasteiger partial charge in [-0.05, 0) is 44.3 Å². The molecule has 1 amide bonds. The van der Waals surface area contributed by atoms with Crippen molar-refractivity contribution >= 4 is 39.9 Å². The summed E-state index contributed by atoms with van der Waals surface area (Å²) >= 11 is 6.17. The number of piperazine rings is 1. The van der Waals surface area contributed by atoms with E-state index in [2.05, 4.69) is 22.2 Å². The minimum absolute atomic E-state index is 0.271. The Morgan fingerprint density at radius 1 is 1.07 bits per heavy atom. The highest BCUT2D eigenvalue weighted by Crippen LogP contribution is 2.31. The Morgan fingerprint density at radius 3 is 2.44 bits per heavy atom. The quantitative estimate of drug-likeness (QED) is 0.728. The van der Waals surface area contributed by atoms with E-state index in [1.807, 2.05) is 43.3 Å². The van der Waals surface area contributed by atoms with Gasteiger partial charge in [-0.2, -0.15) is 0 Å². The number of amides is 1. The number of hydrogen-bond donors (Lipinski definition) is 1. The lowest BCUT2D eigenvalue weighted by atomic mass is 10.1. The number of anilines is 2. The van der Waals surface area contributed by atoms with Crippen molar-refractivity contribution in [1.82, 2.24) is 4.90 Å². The lowest BCUT2D eigenvalue weighted by molar-refractivity contribution is 0.0998. The van der Waals surface area contributed by atoms with Crippen molar-refractivity contribution in [3.05, 3.63) is 58.8 Å². The number of para-hydroxylation sites is 1. The molecule has 0 radical (unpaired) electrons. The van der Waals surface area contributed by atoms with Gasteiger partial charge in [-0.1, -0.05) is 23.7 Å². The summed E-state index contributed by atoms with van der Waals surface area (Å²) in [5, 5.41) is 4.28. The standard InChI is InChI=1S/C21H22ClN3O2/c1-14-17-4-3-5-18(22)20(17)27-19(14)21(26)23-15-6-8-16(9-7-15)25-12-10-24(2)11-13-25/h3-9H,10-13H2,1-2H3,(H,23,26). The monoisotopic (exact) mass is 383 g/mol. The van der Waals surface area contributed by atoms with E-state index >= 15 is 0 Å². The second-order valence-corrected chi connectivity index (χ2v) is 7.37. The van der Waals surface area contributed by atoms with E-state index in [9.17, 15) is 4.79 Å². The highest BCUT2D eigenvalue weighted by atomic mass is 35.5. The zero-order valence-corrected chi connectivity index (χ0v) is 16.2. The van der Waals surface area contributed by atoms with E-state index in [1.54, 1.807) is 6.07 Å². The lowest BCUT2D eigenvalue weighted by Crippen LogP contribution is -2.44. The first-order chi connectivity index (χ1) is 13.0. The maximum absolute atomic E-state index is 12.7. The molecule has 1 fully saturated rings. The molecule has 0 atom stereocenters. The first-order valence-corrected chi connectivity index (χ1v) is 9.43. The number of fused-ring (bicyclic) bond motifs is 1. The first-order valence-electron chi connectivity index (χ1n) is 9.05.